The Labute approximate surface area is 222 Å². The lowest BCUT2D eigenvalue weighted by Crippen LogP contribution is -2.35. The van der Waals surface area contributed by atoms with Gasteiger partial charge >= 0.3 is 12.5 Å². The van der Waals surface area contributed by atoms with Crippen LogP contribution >= 0.6 is 0 Å². The Morgan fingerprint density at radius 2 is 1.59 bits per heavy atom. The highest BCUT2D eigenvalue weighted by Gasteiger charge is 2.39. The van der Waals surface area contributed by atoms with E-state index in [2.05, 4.69) is 47.5 Å². The number of benzene rings is 1. The van der Waals surface area contributed by atoms with Crippen LogP contribution in [0.2, 0.25) is 0 Å². The van der Waals surface area contributed by atoms with E-state index in [9.17, 15) is 26.3 Å². The molecule has 1 aromatic carbocycles. The number of hydrogen-bond acceptors (Lipinski definition) is 8. The molecule has 4 rings (SSSR count). The molecule has 0 bridgehead atoms. The highest BCUT2D eigenvalue weighted by Crippen LogP contribution is 2.40. The number of aromatic nitrogens is 3. The van der Waals surface area contributed by atoms with Crippen molar-refractivity contribution in [1.82, 2.24) is 19.9 Å². The van der Waals surface area contributed by atoms with Gasteiger partial charge in [0.05, 0.1) is 5.56 Å². The van der Waals surface area contributed by atoms with Gasteiger partial charge in [0.15, 0.2) is 0 Å². The van der Waals surface area contributed by atoms with Crippen LogP contribution in [0, 0.1) is 0 Å². The average Bonchev–Trinajstić information content (AvgIpc) is 3.16. The molecule has 1 unspecified atom stereocenters. The summed E-state index contributed by atoms with van der Waals surface area (Å²) < 4.78 is 82.1. The number of alkyl halides is 6. The van der Waals surface area contributed by atoms with E-state index < -0.39 is 23.9 Å². The van der Waals surface area contributed by atoms with Crippen molar-refractivity contribution in [1.29, 1.82) is 0 Å². The molecule has 2 aromatic rings. The summed E-state index contributed by atoms with van der Waals surface area (Å²) in [6.07, 6.45) is -1.90. The maximum Gasteiger partial charge on any atom is 0.573 e. The molecule has 2 heterocycles. The molecule has 1 saturated carbocycles. The number of anilines is 4. The second-order valence-electron chi connectivity index (χ2n) is 9.83. The molecule has 39 heavy (non-hydrogen) atoms. The minimum Gasteiger partial charge on any atom is -0.405 e. The smallest absolute Gasteiger partial charge is 0.405 e. The molecule has 1 aromatic heterocycles. The molecule has 3 N–H and O–H groups in total. The Morgan fingerprint density at radius 3 is 2.26 bits per heavy atom. The van der Waals surface area contributed by atoms with Crippen LogP contribution in [-0.2, 0) is 6.18 Å². The fourth-order valence-corrected chi connectivity index (χ4v) is 5.11. The number of likely N-dealkylation sites (tertiary alicyclic amines) is 1. The Kier molecular flexibility index (Phi) is 9.23. The van der Waals surface area contributed by atoms with Crippen LogP contribution in [0.15, 0.2) is 18.2 Å². The molecule has 0 amide bonds. The summed E-state index contributed by atoms with van der Waals surface area (Å²) in [5.74, 6) is -0.861. The van der Waals surface area contributed by atoms with Gasteiger partial charge < -0.3 is 20.7 Å². The molecule has 1 saturated heterocycles. The first-order valence-corrected chi connectivity index (χ1v) is 13.2. The highest BCUT2D eigenvalue weighted by atomic mass is 19.4. The van der Waals surface area contributed by atoms with Crippen molar-refractivity contribution in [2.45, 2.75) is 82.9 Å². The van der Waals surface area contributed by atoms with Crippen molar-refractivity contribution in [2.24, 2.45) is 0 Å². The van der Waals surface area contributed by atoms with Crippen molar-refractivity contribution in [3.05, 3.63) is 23.8 Å². The molecule has 1 aliphatic carbocycles. The largest absolute Gasteiger partial charge is 0.573 e. The lowest BCUT2D eigenvalue weighted by atomic mass is 10.1. The van der Waals surface area contributed by atoms with Crippen molar-refractivity contribution < 1.29 is 31.1 Å². The van der Waals surface area contributed by atoms with E-state index in [4.69, 9.17) is 0 Å². The van der Waals surface area contributed by atoms with Crippen LogP contribution in [0.4, 0.5) is 49.9 Å². The number of nitrogens with one attached hydrogen (secondary N) is 3. The van der Waals surface area contributed by atoms with E-state index in [0.717, 1.165) is 70.5 Å². The minimum absolute atomic E-state index is 0.0417. The third kappa shape index (κ3) is 8.48. The summed E-state index contributed by atoms with van der Waals surface area (Å²) in [4.78, 5) is 15.5. The third-order valence-electron chi connectivity index (χ3n) is 6.99. The number of rotatable bonds is 9. The summed E-state index contributed by atoms with van der Waals surface area (Å²) in [5, 5.41) is 9.25. The van der Waals surface area contributed by atoms with Crippen molar-refractivity contribution in [2.75, 3.05) is 35.6 Å². The first-order valence-electron chi connectivity index (χ1n) is 13.2. The van der Waals surface area contributed by atoms with Gasteiger partial charge in [-0.2, -0.15) is 28.1 Å². The van der Waals surface area contributed by atoms with E-state index in [1.807, 2.05) is 0 Å². The molecule has 1 atom stereocenters. The summed E-state index contributed by atoms with van der Waals surface area (Å²) in [6, 6.07) is 2.65. The molecular weight excluding hydrogens is 528 g/mol. The average molecular weight is 562 g/mol. The maximum absolute atomic E-state index is 13.5. The molecule has 216 valence electrons. The zero-order valence-corrected chi connectivity index (χ0v) is 21.6. The third-order valence-corrected chi connectivity index (χ3v) is 6.99. The second-order valence-corrected chi connectivity index (χ2v) is 9.83. The van der Waals surface area contributed by atoms with Gasteiger partial charge in [-0.05, 0) is 57.0 Å². The summed E-state index contributed by atoms with van der Waals surface area (Å²) >= 11 is 0. The zero-order chi connectivity index (χ0) is 28.0. The van der Waals surface area contributed by atoms with Crippen LogP contribution in [-0.4, -0.2) is 57.9 Å². The lowest BCUT2D eigenvalue weighted by molar-refractivity contribution is -0.276. The number of likely N-dealkylation sites (N-methyl/N-ethyl adjacent to an activating group) is 1. The molecule has 0 radical (unpaired) electrons. The van der Waals surface area contributed by atoms with E-state index in [1.165, 1.54) is 0 Å². The standard InChI is InChI=1S/C25H33F6N7O/c1-2-38-13-7-10-18(38)15-32-21-35-22(33-16-8-5-3-4-6-9-16)37-23(36-21)34-17-11-12-20(39-25(29,30)31)19(14-17)24(26,27)28/h11-12,14,16,18H,2-10,13,15H2,1H3,(H3,32,33,34,35,36,37). The predicted molar refractivity (Wildman–Crippen MR) is 135 cm³/mol. The molecule has 2 fully saturated rings. The van der Waals surface area contributed by atoms with Crippen LogP contribution < -0.4 is 20.7 Å². The lowest BCUT2D eigenvalue weighted by Gasteiger charge is -2.23. The van der Waals surface area contributed by atoms with E-state index in [1.54, 1.807) is 0 Å². The second kappa shape index (κ2) is 12.4. The Bertz CT molecular complexity index is 1090. The molecule has 8 nitrogen and oxygen atoms in total. The molecule has 2 aliphatic rings. The van der Waals surface area contributed by atoms with E-state index in [-0.39, 0.29) is 29.6 Å². The number of halogens is 6. The van der Waals surface area contributed by atoms with Gasteiger partial charge in [-0.15, -0.1) is 13.2 Å². The first-order chi connectivity index (χ1) is 18.5. The number of ether oxygens (including phenoxy) is 1. The van der Waals surface area contributed by atoms with Crippen molar-refractivity contribution in [3.8, 4) is 5.75 Å². The fraction of sp³-hybridized carbons (Fsp3) is 0.640. The fourth-order valence-electron chi connectivity index (χ4n) is 5.11. The number of nitrogens with zero attached hydrogens (tertiary/aromatic N) is 4. The maximum atomic E-state index is 13.5. The SMILES string of the molecule is CCN1CCCC1CNc1nc(Nc2ccc(OC(F)(F)F)c(C(F)(F)F)c2)nc(NC2CCCCCC2)n1. The van der Waals surface area contributed by atoms with Crippen molar-refractivity contribution in [3.63, 3.8) is 0 Å². The summed E-state index contributed by atoms with van der Waals surface area (Å²) in [6.45, 7) is 4.61. The van der Waals surface area contributed by atoms with Crippen molar-refractivity contribution >= 4 is 23.5 Å². The summed E-state index contributed by atoms with van der Waals surface area (Å²) in [5.41, 5.74) is -1.72. The van der Waals surface area contributed by atoms with Crippen LogP contribution in [0.1, 0.15) is 63.9 Å². The van der Waals surface area contributed by atoms with Gasteiger partial charge in [0.1, 0.15) is 5.75 Å². The Hall–Kier alpha value is -3.03. The minimum atomic E-state index is -5.27. The van der Waals surface area contributed by atoms with Gasteiger partial charge in [0, 0.05) is 24.3 Å². The van der Waals surface area contributed by atoms with Crippen LogP contribution in [0.5, 0.6) is 5.75 Å². The van der Waals surface area contributed by atoms with Gasteiger partial charge in [-0.3, -0.25) is 4.90 Å². The normalized spacial score (nSPS) is 19.5. The van der Waals surface area contributed by atoms with Gasteiger partial charge in [-0.1, -0.05) is 32.6 Å². The topological polar surface area (TPSA) is 87.2 Å². The van der Waals surface area contributed by atoms with Gasteiger partial charge in [0.25, 0.3) is 0 Å². The zero-order valence-electron chi connectivity index (χ0n) is 21.6. The van der Waals surface area contributed by atoms with Crippen LogP contribution in [0.25, 0.3) is 0 Å². The monoisotopic (exact) mass is 561 g/mol. The first kappa shape index (κ1) is 29.0. The molecule has 1 aliphatic heterocycles. The Morgan fingerprint density at radius 1 is 0.897 bits per heavy atom. The highest BCUT2D eigenvalue weighted by molar-refractivity contribution is 5.59. The molecular formula is C25H33F6N7O. The van der Waals surface area contributed by atoms with E-state index >= 15 is 0 Å². The van der Waals surface area contributed by atoms with Gasteiger partial charge in [0.2, 0.25) is 17.8 Å². The number of hydrogen-bond donors (Lipinski definition) is 3. The Balaban J connectivity index is 1.58. The van der Waals surface area contributed by atoms with Gasteiger partial charge in [-0.25, -0.2) is 0 Å². The summed E-state index contributed by atoms with van der Waals surface area (Å²) in [7, 11) is 0. The molecule has 14 heteroatoms. The van der Waals surface area contributed by atoms with E-state index in [0.29, 0.717) is 24.7 Å². The quantitative estimate of drug-likeness (QED) is 0.234. The molecule has 0 spiro atoms. The van der Waals surface area contributed by atoms with Crippen LogP contribution in [0.3, 0.4) is 0 Å². The predicted octanol–water partition coefficient (Wildman–Crippen LogP) is 6.56.